The van der Waals surface area contributed by atoms with Crippen molar-refractivity contribution in [1.82, 2.24) is 9.71 Å². The Bertz CT molecular complexity index is 563. The first-order valence-corrected chi connectivity index (χ1v) is 7.57. The third-order valence-electron chi connectivity index (χ3n) is 2.01. The molecule has 0 saturated heterocycles. The zero-order valence-electron chi connectivity index (χ0n) is 10.0. The summed E-state index contributed by atoms with van der Waals surface area (Å²) in [5.74, 6) is -0.475. The fourth-order valence-electron chi connectivity index (χ4n) is 1.15. The highest BCUT2D eigenvalue weighted by atomic mass is 35.5. The number of halogens is 2. The fraction of sp³-hybridized carbons (Fsp3) is 0.400. The first kappa shape index (κ1) is 16.2. The van der Waals surface area contributed by atoms with Crippen molar-refractivity contribution in [3.8, 4) is 0 Å². The standard InChI is InChI=1S/C10H12Cl2N2O4S/c1-2-18-9(15)3-4-14-19(16,17)7-5-8(11)10(12)13-6-7/h5-6,14H,2-4H2,1H3. The Morgan fingerprint density at radius 2 is 2.16 bits per heavy atom. The lowest BCUT2D eigenvalue weighted by atomic mass is 10.4. The number of aromatic nitrogens is 1. The van der Waals surface area contributed by atoms with Crippen LogP contribution in [0.2, 0.25) is 10.2 Å². The van der Waals surface area contributed by atoms with Gasteiger partial charge >= 0.3 is 5.97 Å². The van der Waals surface area contributed by atoms with Crippen molar-refractivity contribution in [2.24, 2.45) is 0 Å². The molecule has 0 aromatic carbocycles. The van der Waals surface area contributed by atoms with Crippen molar-refractivity contribution < 1.29 is 17.9 Å². The van der Waals surface area contributed by atoms with Crippen LogP contribution in [0.25, 0.3) is 0 Å². The normalized spacial score (nSPS) is 11.3. The average molecular weight is 327 g/mol. The molecule has 0 radical (unpaired) electrons. The van der Waals surface area contributed by atoms with E-state index in [1.54, 1.807) is 6.92 Å². The van der Waals surface area contributed by atoms with Crippen molar-refractivity contribution in [3.05, 3.63) is 22.4 Å². The topological polar surface area (TPSA) is 85.4 Å². The van der Waals surface area contributed by atoms with Crippen LogP contribution in [-0.4, -0.2) is 32.5 Å². The molecule has 106 valence electrons. The first-order valence-electron chi connectivity index (χ1n) is 5.33. The van der Waals surface area contributed by atoms with Gasteiger partial charge in [-0.05, 0) is 13.0 Å². The molecular formula is C10H12Cl2N2O4S. The summed E-state index contributed by atoms with van der Waals surface area (Å²) in [5, 5.41) is 0.0575. The van der Waals surface area contributed by atoms with Gasteiger partial charge in [-0.1, -0.05) is 23.2 Å². The van der Waals surface area contributed by atoms with Gasteiger partial charge in [0.05, 0.1) is 18.1 Å². The number of carbonyl (C=O) groups excluding carboxylic acids is 1. The zero-order chi connectivity index (χ0) is 14.5. The first-order chi connectivity index (χ1) is 8.86. The van der Waals surface area contributed by atoms with Gasteiger partial charge in [0.25, 0.3) is 0 Å². The lowest BCUT2D eigenvalue weighted by Crippen LogP contribution is -2.27. The van der Waals surface area contributed by atoms with Crippen molar-refractivity contribution in [2.45, 2.75) is 18.2 Å². The van der Waals surface area contributed by atoms with Crippen molar-refractivity contribution >= 4 is 39.2 Å². The summed E-state index contributed by atoms with van der Waals surface area (Å²) in [6, 6.07) is 1.18. The number of esters is 1. The van der Waals surface area contributed by atoms with Gasteiger partial charge in [0.1, 0.15) is 10.0 Å². The number of nitrogens with zero attached hydrogens (tertiary/aromatic N) is 1. The number of ether oxygens (including phenoxy) is 1. The number of pyridine rings is 1. The number of hydrogen-bond donors (Lipinski definition) is 1. The van der Waals surface area contributed by atoms with Gasteiger partial charge in [0.15, 0.2) is 0 Å². The van der Waals surface area contributed by atoms with Gasteiger partial charge in [-0.2, -0.15) is 0 Å². The van der Waals surface area contributed by atoms with E-state index in [0.29, 0.717) is 0 Å². The van der Waals surface area contributed by atoms with Gasteiger partial charge in [0, 0.05) is 12.7 Å². The molecule has 1 heterocycles. The number of hydrogen-bond acceptors (Lipinski definition) is 5. The molecule has 19 heavy (non-hydrogen) atoms. The third kappa shape index (κ3) is 4.94. The van der Waals surface area contributed by atoms with Crippen LogP contribution in [0, 0.1) is 0 Å². The van der Waals surface area contributed by atoms with E-state index in [1.165, 1.54) is 6.07 Å². The Morgan fingerprint density at radius 1 is 1.47 bits per heavy atom. The molecule has 0 fully saturated rings. The highest BCUT2D eigenvalue weighted by Gasteiger charge is 2.16. The van der Waals surface area contributed by atoms with E-state index in [1.807, 2.05) is 0 Å². The van der Waals surface area contributed by atoms with Crippen molar-refractivity contribution in [1.29, 1.82) is 0 Å². The fourth-order valence-corrected chi connectivity index (χ4v) is 2.49. The Morgan fingerprint density at radius 3 is 2.74 bits per heavy atom. The molecule has 0 unspecified atom stereocenters. The lowest BCUT2D eigenvalue weighted by molar-refractivity contribution is -0.142. The minimum atomic E-state index is -3.77. The van der Waals surface area contributed by atoms with E-state index in [2.05, 4.69) is 14.4 Å². The summed E-state index contributed by atoms with van der Waals surface area (Å²) in [4.78, 5) is 14.6. The van der Waals surface area contributed by atoms with E-state index < -0.39 is 16.0 Å². The van der Waals surface area contributed by atoms with Gasteiger partial charge in [-0.25, -0.2) is 18.1 Å². The Kier molecular flexibility index (Phi) is 5.99. The van der Waals surface area contributed by atoms with Crippen molar-refractivity contribution in [2.75, 3.05) is 13.2 Å². The molecule has 0 aliphatic carbocycles. The molecule has 0 spiro atoms. The SMILES string of the molecule is CCOC(=O)CCNS(=O)(=O)c1cnc(Cl)c(Cl)c1. The molecule has 0 saturated carbocycles. The highest BCUT2D eigenvalue weighted by molar-refractivity contribution is 7.89. The van der Waals surface area contributed by atoms with Gasteiger partial charge < -0.3 is 4.74 Å². The zero-order valence-corrected chi connectivity index (χ0v) is 12.3. The van der Waals surface area contributed by atoms with Crippen LogP contribution in [0.3, 0.4) is 0 Å². The molecule has 0 aliphatic heterocycles. The average Bonchev–Trinajstić information content (AvgIpc) is 2.32. The largest absolute Gasteiger partial charge is 0.466 e. The molecule has 1 rings (SSSR count). The molecule has 9 heteroatoms. The smallest absolute Gasteiger partial charge is 0.307 e. The molecule has 0 aliphatic rings. The molecule has 6 nitrogen and oxygen atoms in total. The molecular weight excluding hydrogens is 315 g/mol. The second-order valence-corrected chi connectivity index (χ2v) is 5.93. The maximum Gasteiger partial charge on any atom is 0.307 e. The molecule has 0 bridgehead atoms. The predicted octanol–water partition coefficient (Wildman–Crippen LogP) is 1.62. The quantitative estimate of drug-likeness (QED) is 0.634. The second kappa shape index (κ2) is 7.04. The van der Waals surface area contributed by atoms with Gasteiger partial charge in [-0.3, -0.25) is 4.79 Å². The summed E-state index contributed by atoms with van der Waals surface area (Å²) in [6.45, 7) is 1.85. The van der Waals surface area contributed by atoms with Crippen LogP contribution in [0.1, 0.15) is 13.3 Å². The lowest BCUT2D eigenvalue weighted by Gasteiger charge is -2.07. The summed E-state index contributed by atoms with van der Waals surface area (Å²) in [7, 11) is -3.77. The van der Waals surface area contributed by atoms with Crippen LogP contribution in [-0.2, 0) is 19.6 Å². The number of sulfonamides is 1. The predicted molar refractivity (Wildman–Crippen MR) is 70.7 cm³/mol. The van der Waals surface area contributed by atoms with Crippen LogP contribution in [0.4, 0.5) is 0 Å². The van der Waals surface area contributed by atoms with Gasteiger partial charge in [0.2, 0.25) is 10.0 Å². The van der Waals surface area contributed by atoms with Gasteiger partial charge in [-0.15, -0.1) is 0 Å². The Balaban J connectivity index is 2.66. The molecule has 0 amide bonds. The molecule has 1 aromatic heterocycles. The van der Waals surface area contributed by atoms with Crippen LogP contribution >= 0.6 is 23.2 Å². The summed E-state index contributed by atoms with van der Waals surface area (Å²) >= 11 is 11.3. The number of carbonyl (C=O) groups is 1. The maximum absolute atomic E-state index is 11.8. The highest BCUT2D eigenvalue weighted by Crippen LogP contribution is 2.21. The summed E-state index contributed by atoms with van der Waals surface area (Å²) < 4.78 is 30.6. The number of rotatable bonds is 6. The third-order valence-corrected chi connectivity index (χ3v) is 4.12. The molecule has 1 aromatic rings. The summed E-state index contributed by atoms with van der Waals surface area (Å²) in [6.07, 6.45) is 1.03. The Hall–Kier alpha value is -0.890. The second-order valence-electron chi connectivity index (χ2n) is 3.40. The minimum Gasteiger partial charge on any atom is -0.466 e. The van der Waals surface area contributed by atoms with E-state index in [9.17, 15) is 13.2 Å². The minimum absolute atomic E-state index is 0.0205. The van der Waals surface area contributed by atoms with Crippen LogP contribution in [0.5, 0.6) is 0 Å². The summed E-state index contributed by atoms with van der Waals surface area (Å²) in [5.41, 5.74) is 0. The molecule has 1 N–H and O–H groups in total. The Labute approximate surface area is 121 Å². The van der Waals surface area contributed by atoms with E-state index in [4.69, 9.17) is 23.2 Å². The monoisotopic (exact) mass is 326 g/mol. The van der Waals surface area contributed by atoms with E-state index in [-0.39, 0.29) is 34.6 Å². The number of nitrogens with one attached hydrogen (secondary N) is 1. The molecule has 0 atom stereocenters. The van der Waals surface area contributed by atoms with E-state index >= 15 is 0 Å². The van der Waals surface area contributed by atoms with Crippen LogP contribution < -0.4 is 4.72 Å². The van der Waals surface area contributed by atoms with Crippen LogP contribution in [0.15, 0.2) is 17.2 Å². The van der Waals surface area contributed by atoms with Crippen molar-refractivity contribution in [3.63, 3.8) is 0 Å². The van der Waals surface area contributed by atoms with E-state index in [0.717, 1.165) is 6.20 Å². The maximum atomic E-state index is 11.8.